The zero-order chi connectivity index (χ0) is 27.9. The van der Waals surface area contributed by atoms with Crippen molar-refractivity contribution in [3.63, 3.8) is 0 Å². The molecular weight excluding hydrogens is 492 g/mol. The van der Waals surface area contributed by atoms with E-state index in [1.54, 1.807) is 0 Å². The number of rotatable bonds is 8. The maximum Gasteiger partial charge on any atom is 0.414 e. The summed E-state index contributed by atoms with van der Waals surface area (Å²) < 4.78 is 10.5. The molecule has 0 bridgehead atoms. The minimum absolute atomic E-state index is 0.706. The van der Waals surface area contributed by atoms with Gasteiger partial charge in [0.15, 0.2) is 11.6 Å². The summed E-state index contributed by atoms with van der Waals surface area (Å²) in [5, 5.41) is 22.7. The van der Waals surface area contributed by atoms with Gasteiger partial charge in [-0.15, -0.1) is 0 Å². The second-order valence-electron chi connectivity index (χ2n) is 8.94. The van der Waals surface area contributed by atoms with Crippen LogP contribution in [0.15, 0.2) is 21.2 Å². The van der Waals surface area contributed by atoms with E-state index in [0.717, 1.165) is 76.6 Å². The molecule has 0 unspecified atom stereocenters. The largest absolute Gasteiger partial charge is 0.473 e. The highest BCUT2D eigenvalue weighted by Gasteiger charge is 2.18. The molecule has 0 atom stereocenters. The van der Waals surface area contributed by atoms with Crippen LogP contribution in [-0.2, 0) is 22.4 Å². The lowest BCUT2D eigenvalue weighted by Gasteiger charge is -2.25. The Morgan fingerprint density at radius 1 is 0.763 bits per heavy atom. The van der Waals surface area contributed by atoms with Crippen molar-refractivity contribution < 1.29 is 28.8 Å². The number of carboxylic acid groups (broad SMARTS) is 2. The van der Waals surface area contributed by atoms with Crippen molar-refractivity contribution >= 4 is 23.1 Å². The molecule has 0 aliphatic carbocycles. The van der Waals surface area contributed by atoms with E-state index in [4.69, 9.17) is 28.8 Å². The molecule has 0 amide bonds. The van der Waals surface area contributed by atoms with Gasteiger partial charge < -0.3 is 19.3 Å². The first-order valence-electron chi connectivity index (χ1n) is 13.3. The van der Waals surface area contributed by atoms with Crippen LogP contribution in [0.2, 0.25) is 0 Å². The Kier molecular flexibility index (Phi) is 13.4. The lowest BCUT2D eigenvalue weighted by Crippen LogP contribution is -2.30. The maximum absolute atomic E-state index is 9.10. The Bertz CT molecular complexity index is 992. The Morgan fingerprint density at radius 3 is 1.45 bits per heavy atom. The van der Waals surface area contributed by atoms with E-state index in [-0.39, 0.29) is 0 Å². The van der Waals surface area contributed by atoms with Crippen molar-refractivity contribution in [2.75, 3.05) is 39.3 Å². The first-order chi connectivity index (χ1) is 18.3. The van der Waals surface area contributed by atoms with Crippen molar-refractivity contribution in [3.8, 4) is 0 Å². The zero-order valence-corrected chi connectivity index (χ0v) is 22.9. The van der Waals surface area contributed by atoms with E-state index >= 15 is 0 Å². The molecule has 210 valence electrons. The zero-order valence-electron chi connectivity index (χ0n) is 22.9. The monoisotopic (exact) mass is 532 g/mol. The molecule has 0 spiro atoms. The summed E-state index contributed by atoms with van der Waals surface area (Å²) in [6.07, 6.45) is 10.6. The average Bonchev–Trinajstić information content (AvgIpc) is 3.60. The van der Waals surface area contributed by atoms with E-state index < -0.39 is 11.9 Å². The van der Waals surface area contributed by atoms with Crippen LogP contribution in [0.25, 0.3) is 11.1 Å². The summed E-state index contributed by atoms with van der Waals surface area (Å²) in [7, 11) is 0. The first-order valence-corrected chi connectivity index (χ1v) is 13.3. The highest BCUT2D eigenvalue weighted by molar-refractivity contribution is 6.27. The molecule has 12 nitrogen and oxygen atoms in total. The topological polar surface area (TPSA) is 159 Å². The van der Waals surface area contributed by atoms with Crippen LogP contribution in [0.1, 0.15) is 76.8 Å². The molecule has 2 aliphatic heterocycles. The van der Waals surface area contributed by atoms with Gasteiger partial charge in [0.2, 0.25) is 0 Å². The number of carboxylic acids is 2. The average molecular weight is 533 g/mol. The van der Waals surface area contributed by atoms with Gasteiger partial charge in [0.05, 0.1) is 0 Å². The number of carbonyl (C=O) groups is 2. The summed E-state index contributed by atoms with van der Waals surface area (Å²) in [5.41, 5.74) is 2.37. The van der Waals surface area contributed by atoms with Gasteiger partial charge in [0.25, 0.3) is 11.8 Å². The van der Waals surface area contributed by atoms with Crippen molar-refractivity contribution in [3.05, 3.63) is 35.6 Å². The molecular formula is C26H40N6O6. The summed E-state index contributed by atoms with van der Waals surface area (Å²) in [5.74, 6) is -0.646. The van der Waals surface area contributed by atoms with Gasteiger partial charge in [-0.2, -0.15) is 9.97 Å². The molecule has 0 fully saturated rings. The van der Waals surface area contributed by atoms with Crippen LogP contribution >= 0.6 is 0 Å². The highest BCUT2D eigenvalue weighted by atomic mass is 16.5. The fourth-order valence-corrected chi connectivity index (χ4v) is 3.99. The number of aromatic nitrogens is 4. The maximum atomic E-state index is 9.10. The van der Waals surface area contributed by atoms with E-state index in [9.17, 15) is 0 Å². The van der Waals surface area contributed by atoms with E-state index in [2.05, 4.69) is 56.1 Å². The molecule has 2 aromatic rings. The summed E-state index contributed by atoms with van der Waals surface area (Å²) >= 11 is 0. The van der Waals surface area contributed by atoms with Crippen molar-refractivity contribution in [2.24, 2.45) is 0 Å². The lowest BCUT2D eigenvalue weighted by atomic mass is 10.1. The van der Waals surface area contributed by atoms with Crippen molar-refractivity contribution in [2.45, 2.75) is 66.2 Å². The Labute approximate surface area is 223 Å². The summed E-state index contributed by atoms with van der Waals surface area (Å²) in [6.45, 7) is 15.0. The van der Waals surface area contributed by atoms with Crippen LogP contribution in [0.3, 0.4) is 0 Å². The Morgan fingerprint density at radius 2 is 1.16 bits per heavy atom. The molecule has 2 aliphatic rings. The predicted molar refractivity (Wildman–Crippen MR) is 141 cm³/mol. The van der Waals surface area contributed by atoms with Crippen LogP contribution in [0.4, 0.5) is 0 Å². The van der Waals surface area contributed by atoms with Gasteiger partial charge >= 0.3 is 11.9 Å². The smallest absolute Gasteiger partial charge is 0.414 e. The van der Waals surface area contributed by atoms with Crippen LogP contribution in [0, 0.1) is 0 Å². The number of aliphatic carboxylic acids is 2. The second kappa shape index (κ2) is 16.5. The number of aryl methyl sites for hydroxylation is 2. The quantitative estimate of drug-likeness (QED) is 0.478. The normalized spacial score (nSPS) is 15.9. The molecule has 2 aromatic heterocycles. The Balaban J connectivity index is 0.000000221. The van der Waals surface area contributed by atoms with Gasteiger partial charge in [-0.05, 0) is 38.8 Å². The van der Waals surface area contributed by atoms with Gasteiger partial charge in [-0.1, -0.05) is 50.2 Å². The van der Waals surface area contributed by atoms with Gasteiger partial charge in [-0.3, -0.25) is 9.80 Å². The number of hydrogen-bond donors (Lipinski definition) is 2. The molecule has 0 aromatic carbocycles. The molecule has 0 radical (unpaired) electrons. The molecule has 4 heterocycles. The van der Waals surface area contributed by atoms with Crippen molar-refractivity contribution in [1.29, 1.82) is 0 Å². The van der Waals surface area contributed by atoms with Crippen LogP contribution in [-0.4, -0.2) is 91.5 Å². The minimum atomic E-state index is -1.82. The number of hydrogen-bond acceptors (Lipinski definition) is 10. The molecule has 0 saturated carbocycles. The fraction of sp³-hybridized carbons (Fsp3) is 0.615. The first kappa shape index (κ1) is 30.8. The third-order valence-corrected chi connectivity index (χ3v) is 5.84. The third-order valence-electron chi connectivity index (χ3n) is 5.84. The molecule has 0 saturated heterocycles. The predicted octanol–water partition coefficient (Wildman–Crippen LogP) is 3.42. The van der Waals surface area contributed by atoms with E-state index in [1.165, 1.54) is 24.0 Å². The van der Waals surface area contributed by atoms with E-state index in [1.807, 2.05) is 13.8 Å². The van der Waals surface area contributed by atoms with Crippen molar-refractivity contribution in [1.82, 2.24) is 30.1 Å². The third kappa shape index (κ3) is 10.2. The Hall–Kier alpha value is -3.38. The summed E-state index contributed by atoms with van der Waals surface area (Å²) in [4.78, 5) is 31.8. The lowest BCUT2D eigenvalue weighted by molar-refractivity contribution is -0.159. The molecule has 2 N–H and O–H groups in total. The van der Waals surface area contributed by atoms with Gasteiger partial charge in [0, 0.05) is 50.2 Å². The number of nitrogens with zero attached hydrogens (tertiary/aromatic N) is 6. The summed E-state index contributed by atoms with van der Waals surface area (Å²) in [6, 6.07) is 0. The van der Waals surface area contributed by atoms with Gasteiger partial charge in [0.1, 0.15) is 0 Å². The minimum Gasteiger partial charge on any atom is -0.473 e. The molecule has 38 heavy (non-hydrogen) atoms. The molecule has 12 heteroatoms. The standard InChI is InChI=1S/2C12H19N3O.C2H2O4/c2*1-3-7-15-8-5-6-10(9-15)12-13-11(4-2)14-16-12;3-1(4)2(5)6/h2*6H,3-5,7-9H2,1-2H3;(H,3,4)(H,5,6). The molecule has 4 rings (SSSR count). The van der Waals surface area contributed by atoms with Crippen LogP contribution in [0.5, 0.6) is 0 Å². The van der Waals surface area contributed by atoms with Crippen LogP contribution < -0.4 is 0 Å². The fourth-order valence-electron chi connectivity index (χ4n) is 3.99. The SMILES string of the molecule is CCCN1CCC=C(c2nc(CC)no2)C1.CCCN1CCC=C(c2nc(CC)no2)C1.O=C(O)C(=O)O. The highest BCUT2D eigenvalue weighted by Crippen LogP contribution is 2.20. The van der Waals surface area contributed by atoms with Gasteiger partial charge in [-0.25, -0.2) is 9.59 Å². The second-order valence-corrected chi connectivity index (χ2v) is 8.94. The van der Waals surface area contributed by atoms with E-state index in [0.29, 0.717) is 11.8 Å².